The van der Waals surface area contributed by atoms with Crippen molar-refractivity contribution in [2.24, 2.45) is 0 Å². The number of benzene rings is 1. The van der Waals surface area contributed by atoms with Crippen molar-refractivity contribution in [2.45, 2.75) is 38.8 Å². The van der Waals surface area contributed by atoms with Gasteiger partial charge in [0.2, 0.25) is 0 Å². The minimum atomic E-state index is -0.978. The van der Waals surface area contributed by atoms with Gasteiger partial charge in [-0.2, -0.15) is 0 Å². The number of methoxy groups -OCH3 is 1. The maximum Gasteiger partial charge on any atom is 0.337 e. The molecule has 0 amide bonds. The molecule has 9 heteroatoms. The number of nitrogens with one attached hydrogen (secondary N) is 1. The molecule has 1 aliphatic rings. The lowest BCUT2D eigenvalue weighted by Crippen LogP contribution is -2.31. The summed E-state index contributed by atoms with van der Waals surface area (Å²) >= 11 is 5.72. The summed E-state index contributed by atoms with van der Waals surface area (Å²) in [4.78, 5) is 30.3. The second kappa shape index (κ2) is 10.3. The molecule has 4 rings (SSSR count). The summed E-state index contributed by atoms with van der Waals surface area (Å²) in [5.41, 5.74) is 4.55. The number of hydrogen-bond acceptors (Lipinski definition) is 5. The van der Waals surface area contributed by atoms with Crippen LogP contribution in [0.3, 0.4) is 0 Å². The topological polar surface area (TPSA) is 96.7 Å². The number of rotatable bonds is 8. The number of esters is 1. The molecule has 2 N–H and O–H groups in total. The van der Waals surface area contributed by atoms with Crippen LogP contribution in [-0.4, -0.2) is 50.3 Å². The van der Waals surface area contributed by atoms with Gasteiger partial charge in [0.25, 0.3) is 0 Å². The van der Waals surface area contributed by atoms with Crippen molar-refractivity contribution < 1.29 is 19.4 Å². The Hall–Kier alpha value is -3.72. The molecule has 0 radical (unpaired) electrons. The number of nitrogens with zero attached hydrogens (tertiary/aromatic N) is 3. The highest BCUT2D eigenvalue weighted by molar-refractivity contribution is 7.80. The smallest absolute Gasteiger partial charge is 0.337 e. The standard InChI is InChI=1S/C26H28N4O4S/c1-16-15-19(17(2)30(16)21-11-5-4-9-18(21)25(32)33)24-23(20-10-6-7-13-27-20)28-26(35)29(24)14-8-12-22(31)34-3/h4-7,9-11,13,15,23-24H,8,12,14H2,1-3H3,(H,28,35)(H,32,33)/t23-,24-/m1/s1. The van der Waals surface area contributed by atoms with Crippen LogP contribution in [0.25, 0.3) is 5.69 Å². The number of aromatic carboxylic acids is 1. The van der Waals surface area contributed by atoms with E-state index in [9.17, 15) is 14.7 Å². The van der Waals surface area contributed by atoms with Crippen molar-refractivity contribution >= 4 is 29.3 Å². The van der Waals surface area contributed by atoms with E-state index in [0.29, 0.717) is 30.2 Å². The Bertz CT molecular complexity index is 1260. The molecule has 3 aromatic rings. The van der Waals surface area contributed by atoms with Crippen LogP contribution in [0.5, 0.6) is 0 Å². The van der Waals surface area contributed by atoms with E-state index in [4.69, 9.17) is 17.0 Å². The maximum absolute atomic E-state index is 11.9. The third-order valence-corrected chi connectivity index (χ3v) is 6.72. The Morgan fingerprint density at radius 2 is 1.91 bits per heavy atom. The Morgan fingerprint density at radius 1 is 1.17 bits per heavy atom. The molecular formula is C26H28N4O4S. The fraction of sp³-hybridized carbons (Fsp3) is 0.308. The lowest BCUT2D eigenvalue weighted by Gasteiger charge is -2.28. The molecule has 0 saturated carbocycles. The van der Waals surface area contributed by atoms with E-state index in [1.54, 1.807) is 18.3 Å². The first-order chi connectivity index (χ1) is 16.8. The number of hydrogen-bond donors (Lipinski definition) is 2. The van der Waals surface area contributed by atoms with Gasteiger partial charge in [0.1, 0.15) is 0 Å². The molecule has 2 aromatic heterocycles. The minimum Gasteiger partial charge on any atom is -0.478 e. The van der Waals surface area contributed by atoms with E-state index in [0.717, 1.165) is 22.6 Å². The molecule has 35 heavy (non-hydrogen) atoms. The molecule has 0 spiro atoms. The minimum absolute atomic E-state index is 0.188. The summed E-state index contributed by atoms with van der Waals surface area (Å²) in [7, 11) is 1.38. The zero-order valence-corrected chi connectivity index (χ0v) is 20.7. The predicted molar refractivity (Wildman–Crippen MR) is 136 cm³/mol. The number of aromatic nitrogens is 2. The van der Waals surface area contributed by atoms with E-state index >= 15 is 0 Å². The van der Waals surface area contributed by atoms with Crippen LogP contribution in [0.4, 0.5) is 0 Å². The highest BCUT2D eigenvalue weighted by Crippen LogP contribution is 2.41. The fourth-order valence-electron chi connectivity index (χ4n) is 4.79. The monoisotopic (exact) mass is 492 g/mol. The van der Waals surface area contributed by atoms with Gasteiger partial charge in [-0.1, -0.05) is 18.2 Å². The fourth-order valence-corrected chi connectivity index (χ4v) is 5.12. The summed E-state index contributed by atoms with van der Waals surface area (Å²) in [5.74, 6) is -1.24. The van der Waals surface area contributed by atoms with Crippen LogP contribution in [0.1, 0.15) is 57.9 Å². The second-order valence-electron chi connectivity index (χ2n) is 8.48. The third kappa shape index (κ3) is 4.77. The van der Waals surface area contributed by atoms with Crippen LogP contribution >= 0.6 is 12.2 Å². The molecular weight excluding hydrogens is 464 g/mol. The normalized spacial score (nSPS) is 17.3. The first-order valence-corrected chi connectivity index (χ1v) is 11.8. The number of carbonyl (C=O) groups is 2. The predicted octanol–water partition coefficient (Wildman–Crippen LogP) is 4.11. The number of carbonyl (C=O) groups excluding carboxylic acids is 1. The molecule has 2 atom stereocenters. The Balaban J connectivity index is 1.79. The third-order valence-electron chi connectivity index (χ3n) is 6.37. The largest absolute Gasteiger partial charge is 0.478 e. The average molecular weight is 493 g/mol. The maximum atomic E-state index is 11.9. The van der Waals surface area contributed by atoms with Crippen molar-refractivity contribution in [2.75, 3.05) is 13.7 Å². The van der Waals surface area contributed by atoms with Gasteiger partial charge < -0.3 is 24.6 Å². The summed E-state index contributed by atoms with van der Waals surface area (Å²) < 4.78 is 6.77. The number of aryl methyl sites for hydroxylation is 1. The van der Waals surface area contributed by atoms with Gasteiger partial charge in [0, 0.05) is 30.6 Å². The molecule has 1 saturated heterocycles. The van der Waals surface area contributed by atoms with Gasteiger partial charge in [0.05, 0.1) is 36.1 Å². The molecule has 8 nitrogen and oxygen atoms in total. The van der Waals surface area contributed by atoms with E-state index in [2.05, 4.69) is 21.3 Å². The van der Waals surface area contributed by atoms with Gasteiger partial charge in [-0.3, -0.25) is 9.78 Å². The van der Waals surface area contributed by atoms with E-state index in [1.165, 1.54) is 7.11 Å². The van der Waals surface area contributed by atoms with Gasteiger partial charge >= 0.3 is 11.9 Å². The zero-order valence-electron chi connectivity index (χ0n) is 19.9. The molecule has 3 heterocycles. The number of para-hydroxylation sites is 1. The Labute approximate surface area is 209 Å². The van der Waals surface area contributed by atoms with Gasteiger partial charge in [-0.25, -0.2) is 4.79 Å². The molecule has 0 unspecified atom stereocenters. The highest BCUT2D eigenvalue weighted by atomic mass is 32.1. The first-order valence-electron chi connectivity index (χ1n) is 11.4. The molecule has 1 aromatic carbocycles. The van der Waals surface area contributed by atoms with Crippen molar-refractivity contribution in [1.29, 1.82) is 0 Å². The molecule has 1 fully saturated rings. The summed E-state index contributed by atoms with van der Waals surface area (Å²) in [5, 5.41) is 13.8. The van der Waals surface area contributed by atoms with Crippen molar-refractivity contribution in [3.8, 4) is 5.69 Å². The molecule has 182 valence electrons. The van der Waals surface area contributed by atoms with E-state index in [-0.39, 0.29) is 23.6 Å². The summed E-state index contributed by atoms with van der Waals surface area (Å²) in [6.07, 6.45) is 2.63. The molecule has 0 aliphatic carbocycles. The van der Waals surface area contributed by atoms with Crippen molar-refractivity contribution in [3.63, 3.8) is 0 Å². The van der Waals surface area contributed by atoms with Crippen molar-refractivity contribution in [1.82, 2.24) is 19.8 Å². The first kappa shape index (κ1) is 24.4. The van der Waals surface area contributed by atoms with Crippen LogP contribution in [0, 0.1) is 13.8 Å². The van der Waals surface area contributed by atoms with Crippen LogP contribution in [0.15, 0.2) is 54.7 Å². The Kier molecular flexibility index (Phi) is 7.16. The number of pyridine rings is 1. The van der Waals surface area contributed by atoms with Gasteiger partial charge in [-0.05, 0) is 68.4 Å². The number of thiocarbonyl (C=S) groups is 1. The van der Waals surface area contributed by atoms with Crippen LogP contribution in [-0.2, 0) is 9.53 Å². The quantitative estimate of drug-likeness (QED) is 0.358. The lowest BCUT2D eigenvalue weighted by atomic mass is 9.96. The number of carboxylic acid groups (broad SMARTS) is 1. The van der Waals surface area contributed by atoms with Crippen LogP contribution < -0.4 is 5.32 Å². The lowest BCUT2D eigenvalue weighted by molar-refractivity contribution is -0.140. The zero-order chi connectivity index (χ0) is 25.1. The SMILES string of the molecule is COC(=O)CCCN1C(=S)N[C@H](c2ccccn2)[C@H]1c1cc(C)n(-c2ccccc2C(=O)O)c1C. The summed E-state index contributed by atoms with van der Waals surface area (Å²) in [6, 6.07) is 14.4. The van der Waals surface area contributed by atoms with Gasteiger partial charge in [0.15, 0.2) is 5.11 Å². The molecule has 1 aliphatic heterocycles. The highest BCUT2D eigenvalue weighted by Gasteiger charge is 2.41. The van der Waals surface area contributed by atoms with Gasteiger partial charge in [-0.15, -0.1) is 0 Å². The number of carboxylic acids is 1. The van der Waals surface area contributed by atoms with E-state index in [1.807, 2.05) is 48.7 Å². The average Bonchev–Trinajstić information content (AvgIpc) is 3.34. The number of ether oxygens (including phenoxy) is 1. The Morgan fingerprint density at radius 3 is 2.60 bits per heavy atom. The van der Waals surface area contributed by atoms with Crippen LogP contribution in [0.2, 0.25) is 0 Å². The van der Waals surface area contributed by atoms with Crippen molar-refractivity contribution in [3.05, 3.63) is 82.9 Å². The van der Waals surface area contributed by atoms with E-state index < -0.39 is 5.97 Å². The molecule has 0 bridgehead atoms. The second-order valence-corrected chi connectivity index (χ2v) is 8.87. The summed E-state index contributed by atoms with van der Waals surface area (Å²) in [6.45, 7) is 4.52.